The lowest BCUT2D eigenvalue weighted by Crippen LogP contribution is -2.37. The first-order chi connectivity index (χ1) is 13.9. The van der Waals surface area contributed by atoms with Crippen molar-refractivity contribution in [2.45, 2.75) is 52.5 Å². The number of amides is 1. The number of ether oxygens (including phenoxy) is 1. The van der Waals surface area contributed by atoms with E-state index < -0.39 is 0 Å². The summed E-state index contributed by atoms with van der Waals surface area (Å²) in [5, 5.41) is 13.2. The zero-order valence-corrected chi connectivity index (χ0v) is 17.8. The minimum Gasteiger partial charge on any atom is -0.492 e. The van der Waals surface area contributed by atoms with Crippen LogP contribution in [0.15, 0.2) is 18.2 Å². The number of aryl methyl sites for hydroxylation is 1. The molecular formula is C22H25N3O3S. The number of nitriles is 1. The number of hydrogen-bond donors (Lipinski definition) is 1. The zero-order valence-electron chi connectivity index (χ0n) is 16.9. The predicted octanol–water partition coefficient (Wildman–Crippen LogP) is 4.27. The maximum atomic E-state index is 12.7. The van der Waals surface area contributed by atoms with E-state index in [0.717, 1.165) is 5.56 Å². The monoisotopic (exact) mass is 411 g/mol. The normalized spacial score (nSPS) is 14.7. The number of carbonyl (C=O) groups excluding carboxylic acids is 2. The number of aromatic nitrogens is 1. The summed E-state index contributed by atoms with van der Waals surface area (Å²) < 4.78 is 5.71. The topological polar surface area (TPSA) is 92.1 Å². The molecular weight excluding hydrogens is 386 g/mol. The average molecular weight is 412 g/mol. The van der Waals surface area contributed by atoms with E-state index in [-0.39, 0.29) is 17.7 Å². The zero-order chi connectivity index (χ0) is 21.0. The standard InChI is InChI=1S/C22H25N3O3S/c1-13(2)12-28-19-9-4-15(10-16(19)11-23)22-24-14(3)20(29-22)21(27)25-17-5-7-18(26)8-6-17/h4,9-10,13,17H,5-8,12H2,1-3H3,(H,25,27). The molecule has 1 aliphatic rings. The molecule has 152 valence electrons. The molecule has 29 heavy (non-hydrogen) atoms. The lowest BCUT2D eigenvalue weighted by atomic mass is 9.94. The van der Waals surface area contributed by atoms with Crippen LogP contribution in [0.5, 0.6) is 5.75 Å². The summed E-state index contributed by atoms with van der Waals surface area (Å²) in [5.41, 5.74) is 1.90. The van der Waals surface area contributed by atoms with Gasteiger partial charge in [0.05, 0.1) is 17.9 Å². The van der Waals surface area contributed by atoms with Gasteiger partial charge in [-0.25, -0.2) is 4.98 Å². The molecule has 1 N–H and O–H groups in total. The van der Waals surface area contributed by atoms with E-state index in [2.05, 4.69) is 30.2 Å². The molecule has 1 fully saturated rings. The molecule has 0 atom stereocenters. The maximum Gasteiger partial charge on any atom is 0.263 e. The molecule has 6 nitrogen and oxygen atoms in total. The van der Waals surface area contributed by atoms with E-state index in [0.29, 0.717) is 65.1 Å². The summed E-state index contributed by atoms with van der Waals surface area (Å²) in [6.45, 7) is 6.46. The van der Waals surface area contributed by atoms with Crippen LogP contribution in [-0.2, 0) is 4.79 Å². The van der Waals surface area contributed by atoms with Crippen molar-refractivity contribution in [3.8, 4) is 22.4 Å². The fourth-order valence-corrected chi connectivity index (χ4v) is 4.16. The van der Waals surface area contributed by atoms with Gasteiger partial charge in [-0.05, 0) is 43.9 Å². The Kier molecular flexibility index (Phi) is 6.65. The first-order valence-electron chi connectivity index (χ1n) is 9.84. The second-order valence-electron chi connectivity index (χ2n) is 7.75. The molecule has 1 aliphatic carbocycles. The Hall–Kier alpha value is -2.72. The summed E-state index contributed by atoms with van der Waals surface area (Å²) >= 11 is 1.31. The van der Waals surface area contributed by atoms with E-state index in [1.807, 2.05) is 13.0 Å². The van der Waals surface area contributed by atoms with E-state index in [1.165, 1.54) is 11.3 Å². The van der Waals surface area contributed by atoms with Crippen LogP contribution < -0.4 is 10.1 Å². The van der Waals surface area contributed by atoms with Crippen LogP contribution in [0.1, 0.15) is 60.5 Å². The van der Waals surface area contributed by atoms with E-state index in [1.54, 1.807) is 12.1 Å². The first kappa shape index (κ1) is 21.0. The van der Waals surface area contributed by atoms with Crippen LogP contribution in [0.25, 0.3) is 10.6 Å². The Morgan fingerprint density at radius 1 is 1.38 bits per heavy atom. The summed E-state index contributed by atoms with van der Waals surface area (Å²) in [7, 11) is 0. The van der Waals surface area contributed by atoms with Gasteiger partial charge in [0.1, 0.15) is 27.5 Å². The van der Waals surface area contributed by atoms with Crippen molar-refractivity contribution in [1.29, 1.82) is 5.26 Å². The highest BCUT2D eigenvalue weighted by Crippen LogP contribution is 2.31. The molecule has 0 unspecified atom stereocenters. The van der Waals surface area contributed by atoms with Crippen LogP contribution in [0.3, 0.4) is 0 Å². The molecule has 2 aromatic rings. The Morgan fingerprint density at radius 2 is 2.10 bits per heavy atom. The Bertz CT molecular complexity index is 949. The smallest absolute Gasteiger partial charge is 0.263 e. The molecule has 1 aromatic heterocycles. The van der Waals surface area contributed by atoms with Gasteiger partial charge in [0, 0.05) is 24.4 Å². The van der Waals surface area contributed by atoms with Crippen molar-refractivity contribution in [2.24, 2.45) is 5.92 Å². The van der Waals surface area contributed by atoms with E-state index in [4.69, 9.17) is 4.74 Å². The van der Waals surface area contributed by atoms with Crippen molar-refractivity contribution in [3.05, 3.63) is 34.3 Å². The van der Waals surface area contributed by atoms with Gasteiger partial charge in [0.15, 0.2) is 0 Å². The average Bonchev–Trinajstić information content (AvgIpc) is 3.09. The second kappa shape index (κ2) is 9.19. The van der Waals surface area contributed by atoms with Crippen molar-refractivity contribution in [1.82, 2.24) is 10.3 Å². The number of rotatable bonds is 6. The van der Waals surface area contributed by atoms with Gasteiger partial charge in [0.25, 0.3) is 5.91 Å². The molecule has 3 rings (SSSR count). The number of ketones is 1. The number of nitrogens with one attached hydrogen (secondary N) is 1. The number of Topliss-reactive ketones (excluding diaryl/α,β-unsaturated/α-hetero) is 1. The Labute approximate surface area is 174 Å². The Morgan fingerprint density at radius 3 is 2.76 bits per heavy atom. The molecule has 0 bridgehead atoms. The quantitative estimate of drug-likeness (QED) is 0.766. The lowest BCUT2D eigenvalue weighted by molar-refractivity contribution is -0.120. The van der Waals surface area contributed by atoms with E-state index >= 15 is 0 Å². The molecule has 1 heterocycles. The Balaban J connectivity index is 1.76. The van der Waals surface area contributed by atoms with Crippen LogP contribution in [0, 0.1) is 24.2 Å². The fraction of sp³-hybridized carbons (Fsp3) is 0.455. The largest absolute Gasteiger partial charge is 0.492 e. The number of hydrogen-bond acceptors (Lipinski definition) is 6. The third kappa shape index (κ3) is 5.21. The number of carbonyl (C=O) groups is 2. The van der Waals surface area contributed by atoms with Gasteiger partial charge < -0.3 is 10.1 Å². The molecule has 1 amide bonds. The molecule has 0 spiro atoms. The SMILES string of the molecule is Cc1nc(-c2ccc(OCC(C)C)c(C#N)c2)sc1C(=O)NC1CCC(=O)CC1. The van der Waals surface area contributed by atoms with Gasteiger partial charge in [-0.1, -0.05) is 13.8 Å². The molecule has 0 radical (unpaired) electrons. The third-order valence-electron chi connectivity index (χ3n) is 4.80. The molecule has 7 heteroatoms. The van der Waals surface area contributed by atoms with Crippen molar-refractivity contribution in [3.63, 3.8) is 0 Å². The van der Waals surface area contributed by atoms with Crippen molar-refractivity contribution < 1.29 is 14.3 Å². The van der Waals surface area contributed by atoms with Gasteiger partial charge in [0.2, 0.25) is 0 Å². The lowest BCUT2D eigenvalue weighted by Gasteiger charge is -2.21. The predicted molar refractivity (Wildman–Crippen MR) is 112 cm³/mol. The van der Waals surface area contributed by atoms with Gasteiger partial charge in [-0.15, -0.1) is 11.3 Å². The van der Waals surface area contributed by atoms with Gasteiger partial charge in [-0.2, -0.15) is 5.26 Å². The van der Waals surface area contributed by atoms with Crippen LogP contribution >= 0.6 is 11.3 Å². The molecule has 1 saturated carbocycles. The minimum atomic E-state index is -0.150. The summed E-state index contributed by atoms with van der Waals surface area (Å²) in [6.07, 6.45) is 2.44. The van der Waals surface area contributed by atoms with Crippen LogP contribution in [-0.4, -0.2) is 29.3 Å². The first-order valence-corrected chi connectivity index (χ1v) is 10.7. The minimum absolute atomic E-state index is 0.0349. The maximum absolute atomic E-state index is 12.7. The van der Waals surface area contributed by atoms with E-state index in [9.17, 15) is 14.9 Å². The summed E-state index contributed by atoms with van der Waals surface area (Å²) in [6, 6.07) is 7.61. The number of thiazole rings is 1. The fourth-order valence-electron chi connectivity index (χ4n) is 3.20. The van der Waals surface area contributed by atoms with Gasteiger partial charge >= 0.3 is 0 Å². The summed E-state index contributed by atoms with van der Waals surface area (Å²) in [5.74, 6) is 1.04. The third-order valence-corrected chi connectivity index (χ3v) is 6.01. The second-order valence-corrected chi connectivity index (χ2v) is 8.75. The van der Waals surface area contributed by atoms with Crippen LogP contribution in [0.2, 0.25) is 0 Å². The highest BCUT2D eigenvalue weighted by molar-refractivity contribution is 7.17. The molecule has 0 aliphatic heterocycles. The molecule has 0 saturated heterocycles. The highest BCUT2D eigenvalue weighted by atomic mass is 32.1. The summed E-state index contributed by atoms with van der Waals surface area (Å²) in [4.78, 5) is 29.2. The molecule has 1 aromatic carbocycles. The number of benzene rings is 1. The highest BCUT2D eigenvalue weighted by Gasteiger charge is 2.23. The number of nitrogens with zero attached hydrogens (tertiary/aromatic N) is 2. The van der Waals surface area contributed by atoms with Crippen molar-refractivity contribution >= 4 is 23.0 Å². The van der Waals surface area contributed by atoms with Crippen LogP contribution in [0.4, 0.5) is 0 Å². The van der Waals surface area contributed by atoms with Gasteiger partial charge in [-0.3, -0.25) is 9.59 Å². The van der Waals surface area contributed by atoms with Crippen molar-refractivity contribution in [2.75, 3.05) is 6.61 Å².